The lowest BCUT2D eigenvalue weighted by Gasteiger charge is -1.93. The number of alkyl halides is 3. The second-order valence-corrected chi connectivity index (χ2v) is 1.13. The lowest BCUT2D eigenvalue weighted by atomic mass is 10.7. The van der Waals surface area contributed by atoms with Gasteiger partial charge in [-0.3, -0.25) is 4.79 Å². The fraction of sp³-hybridized carbons (Fsp3) is 0.400. The Labute approximate surface area is 76.5 Å². The average molecular weight is 219 g/mol. The molecule has 9 heteroatoms. The molecule has 0 saturated heterocycles. The summed E-state index contributed by atoms with van der Waals surface area (Å²) in [7, 11) is 0. The molecule has 0 unspecified atom stereocenters. The van der Waals surface area contributed by atoms with Crippen LogP contribution in [0.15, 0.2) is 0 Å². The first kappa shape index (κ1) is 22.8. The van der Waals surface area contributed by atoms with Gasteiger partial charge in [0, 0.05) is 6.92 Å². The highest BCUT2D eigenvalue weighted by Crippen LogP contribution is 2.13. The zero-order chi connectivity index (χ0) is 11.5. The van der Waals surface area contributed by atoms with Gasteiger partial charge >= 0.3 is 12.1 Å². The molecule has 0 bridgehead atoms. The largest absolute Gasteiger partial charge is 0.490 e. The quantitative estimate of drug-likeness (QED) is 0.555. The molecule has 84 valence electrons. The third-order valence-electron chi connectivity index (χ3n) is 0.243. The van der Waals surface area contributed by atoms with E-state index in [9.17, 15) is 13.2 Å². The van der Waals surface area contributed by atoms with Crippen LogP contribution in [0.25, 0.3) is 0 Å². The molecular weight excluding hydrogens is 211 g/mol. The molecule has 0 saturated carbocycles. The molecule has 0 aliphatic rings. The molecule has 0 spiro atoms. The summed E-state index contributed by atoms with van der Waals surface area (Å²) >= 11 is 0. The van der Waals surface area contributed by atoms with Gasteiger partial charge in [-0.2, -0.15) is 18.4 Å². The second-order valence-electron chi connectivity index (χ2n) is 1.13. The molecular formula is C5H8F3NO5. The number of hydrogen-bond donors (Lipinski definition) is 2. The van der Waals surface area contributed by atoms with Crippen LogP contribution in [-0.2, 0) is 9.59 Å². The minimum Gasteiger partial charge on any atom is -0.483 e. The Morgan fingerprint density at radius 1 is 1.50 bits per heavy atom. The van der Waals surface area contributed by atoms with Gasteiger partial charge in [0.05, 0.1) is 6.07 Å². The van der Waals surface area contributed by atoms with Gasteiger partial charge < -0.3 is 15.7 Å². The number of carbonyl (C=O) groups is 2. The van der Waals surface area contributed by atoms with E-state index >= 15 is 0 Å². The summed E-state index contributed by atoms with van der Waals surface area (Å²) < 4.78 is 31.7. The average Bonchev–Trinajstić information content (AvgIpc) is 1.88. The molecule has 0 amide bonds. The van der Waals surface area contributed by atoms with Crippen molar-refractivity contribution in [3.8, 4) is 6.07 Å². The standard InChI is InChI=1S/C2HF3O2.C2H3N.CH2O2.H2O/c3-2(4,5)1(6)7;1-2-3;2-1-3;/h(H,6,7);1H3;1H,(H,2,3);1H2. The Hall–Kier alpha value is -1.82. The van der Waals surface area contributed by atoms with Gasteiger partial charge in [0.2, 0.25) is 0 Å². The van der Waals surface area contributed by atoms with Crippen LogP contribution in [0.1, 0.15) is 6.92 Å². The van der Waals surface area contributed by atoms with Gasteiger partial charge in [-0.05, 0) is 0 Å². The van der Waals surface area contributed by atoms with E-state index in [0.29, 0.717) is 0 Å². The highest BCUT2D eigenvalue weighted by molar-refractivity contribution is 5.73. The van der Waals surface area contributed by atoms with E-state index in [1.54, 1.807) is 6.07 Å². The Balaban J connectivity index is -0.0000000610. The first-order valence-corrected chi connectivity index (χ1v) is 2.46. The first-order chi connectivity index (χ1) is 5.77. The maximum Gasteiger partial charge on any atom is 0.490 e. The maximum absolute atomic E-state index is 10.6. The van der Waals surface area contributed by atoms with E-state index < -0.39 is 12.1 Å². The van der Waals surface area contributed by atoms with Gasteiger partial charge in [0.1, 0.15) is 0 Å². The molecule has 0 aromatic heterocycles. The molecule has 0 fully saturated rings. The Morgan fingerprint density at radius 2 is 1.57 bits per heavy atom. The minimum absolute atomic E-state index is 0. The van der Waals surface area contributed by atoms with Crippen molar-refractivity contribution in [1.29, 1.82) is 5.26 Å². The van der Waals surface area contributed by atoms with Crippen molar-refractivity contribution in [3.63, 3.8) is 0 Å². The number of nitrogens with zero attached hydrogens (tertiary/aromatic N) is 1. The SMILES string of the molecule is CC#N.O.O=C(O)C(F)(F)F.O=CO. The fourth-order valence-corrected chi connectivity index (χ4v) is 0. The van der Waals surface area contributed by atoms with Crippen LogP contribution in [0.2, 0.25) is 0 Å². The number of nitriles is 1. The Bertz CT molecular complexity index is 185. The zero-order valence-corrected chi connectivity index (χ0v) is 6.87. The predicted octanol–water partition coefficient (Wildman–Crippen LogP) is 0.0393. The number of halogens is 3. The minimum atomic E-state index is -5.08. The molecule has 0 atom stereocenters. The van der Waals surface area contributed by atoms with Crippen molar-refractivity contribution in [2.24, 2.45) is 0 Å². The molecule has 6 nitrogen and oxygen atoms in total. The van der Waals surface area contributed by atoms with E-state index in [-0.39, 0.29) is 11.9 Å². The van der Waals surface area contributed by atoms with Crippen molar-refractivity contribution in [2.45, 2.75) is 13.1 Å². The lowest BCUT2D eigenvalue weighted by molar-refractivity contribution is -0.192. The maximum atomic E-state index is 10.6. The van der Waals surface area contributed by atoms with Crippen LogP contribution >= 0.6 is 0 Å². The summed E-state index contributed by atoms with van der Waals surface area (Å²) in [4.78, 5) is 17.3. The number of carboxylic acid groups (broad SMARTS) is 2. The molecule has 0 aliphatic heterocycles. The van der Waals surface area contributed by atoms with Crippen LogP contribution in [-0.4, -0.2) is 34.3 Å². The number of rotatable bonds is 0. The van der Waals surface area contributed by atoms with Crippen molar-refractivity contribution in [2.75, 3.05) is 0 Å². The van der Waals surface area contributed by atoms with E-state index in [2.05, 4.69) is 0 Å². The van der Waals surface area contributed by atoms with Crippen LogP contribution in [0.3, 0.4) is 0 Å². The van der Waals surface area contributed by atoms with Crippen LogP contribution in [0.4, 0.5) is 13.2 Å². The van der Waals surface area contributed by atoms with Crippen molar-refractivity contribution < 1.29 is 38.4 Å². The van der Waals surface area contributed by atoms with E-state index in [0.717, 1.165) is 0 Å². The van der Waals surface area contributed by atoms with Crippen molar-refractivity contribution in [1.82, 2.24) is 0 Å². The van der Waals surface area contributed by atoms with Gasteiger partial charge in [0.15, 0.2) is 0 Å². The zero-order valence-electron chi connectivity index (χ0n) is 6.87. The number of carboxylic acids is 1. The molecule has 0 heterocycles. The third kappa shape index (κ3) is 49.1. The normalized spacial score (nSPS) is 7.07. The van der Waals surface area contributed by atoms with Crippen LogP contribution < -0.4 is 0 Å². The van der Waals surface area contributed by atoms with Crippen molar-refractivity contribution >= 4 is 12.4 Å². The lowest BCUT2D eigenvalue weighted by Crippen LogP contribution is -2.21. The van der Waals surface area contributed by atoms with E-state index in [1.165, 1.54) is 6.92 Å². The highest BCUT2D eigenvalue weighted by Gasteiger charge is 2.38. The first-order valence-electron chi connectivity index (χ1n) is 2.46. The second kappa shape index (κ2) is 13.7. The molecule has 0 aliphatic carbocycles. The van der Waals surface area contributed by atoms with E-state index in [4.69, 9.17) is 25.1 Å². The molecule has 14 heavy (non-hydrogen) atoms. The summed E-state index contributed by atoms with van der Waals surface area (Å²) in [6.07, 6.45) is -5.08. The molecule has 0 aromatic rings. The smallest absolute Gasteiger partial charge is 0.483 e. The number of aliphatic carboxylic acids is 1. The van der Waals surface area contributed by atoms with Gasteiger partial charge in [-0.15, -0.1) is 0 Å². The van der Waals surface area contributed by atoms with Gasteiger partial charge in [0.25, 0.3) is 6.47 Å². The van der Waals surface area contributed by atoms with E-state index in [1.807, 2.05) is 0 Å². The topological polar surface area (TPSA) is 130 Å². The molecule has 4 N–H and O–H groups in total. The van der Waals surface area contributed by atoms with Crippen LogP contribution in [0.5, 0.6) is 0 Å². The van der Waals surface area contributed by atoms with Crippen molar-refractivity contribution in [3.05, 3.63) is 0 Å². The monoisotopic (exact) mass is 219 g/mol. The van der Waals surface area contributed by atoms with Gasteiger partial charge in [-0.1, -0.05) is 0 Å². The fourth-order valence-electron chi connectivity index (χ4n) is 0. The number of hydrogen-bond acceptors (Lipinski definition) is 3. The highest BCUT2D eigenvalue weighted by atomic mass is 19.4. The summed E-state index contributed by atoms with van der Waals surface area (Å²) in [5.41, 5.74) is 0. The molecule has 0 aromatic carbocycles. The third-order valence-corrected chi connectivity index (χ3v) is 0.243. The molecule has 0 rings (SSSR count). The Kier molecular flexibility index (Phi) is 22.3. The summed E-state index contributed by atoms with van der Waals surface area (Å²) in [5.74, 6) is -2.76. The molecule has 0 radical (unpaired) electrons. The predicted molar refractivity (Wildman–Crippen MR) is 37.3 cm³/mol. The summed E-state index contributed by atoms with van der Waals surface area (Å²) in [5, 5.41) is 21.3. The summed E-state index contributed by atoms with van der Waals surface area (Å²) in [6, 6.07) is 1.75. The van der Waals surface area contributed by atoms with Gasteiger partial charge in [-0.25, -0.2) is 4.79 Å². The Morgan fingerprint density at radius 3 is 1.57 bits per heavy atom. The summed E-state index contributed by atoms with van der Waals surface area (Å²) in [6.45, 7) is 1.18. The van der Waals surface area contributed by atoms with Crippen LogP contribution in [0, 0.1) is 11.3 Å².